The van der Waals surface area contributed by atoms with Crippen molar-refractivity contribution in [3.05, 3.63) is 35.9 Å². The molecule has 0 bridgehead atoms. The highest BCUT2D eigenvalue weighted by molar-refractivity contribution is 5.76. The van der Waals surface area contributed by atoms with Gasteiger partial charge in [0.25, 0.3) is 0 Å². The van der Waals surface area contributed by atoms with Gasteiger partial charge in [0.2, 0.25) is 5.91 Å². The van der Waals surface area contributed by atoms with E-state index in [9.17, 15) is 4.79 Å². The highest BCUT2D eigenvalue weighted by atomic mass is 16.1. The second kappa shape index (κ2) is 6.55. The summed E-state index contributed by atoms with van der Waals surface area (Å²) in [5.74, 6) is 0.750. The van der Waals surface area contributed by atoms with Crippen molar-refractivity contribution in [1.29, 1.82) is 0 Å². The maximum absolute atomic E-state index is 11.8. The van der Waals surface area contributed by atoms with Gasteiger partial charge in [-0.25, -0.2) is 0 Å². The van der Waals surface area contributed by atoms with E-state index in [1.54, 1.807) is 0 Å². The van der Waals surface area contributed by atoms with Gasteiger partial charge in [-0.3, -0.25) is 4.79 Å². The minimum absolute atomic E-state index is 0.0678. The first-order valence-corrected chi connectivity index (χ1v) is 6.83. The molecule has 0 heterocycles. The smallest absolute Gasteiger partial charge is 0.221 e. The molecule has 0 aromatic heterocycles. The molecular weight excluding hydrogens is 224 g/mol. The highest BCUT2D eigenvalue weighted by Crippen LogP contribution is 2.23. The number of carbonyl (C=O) groups excluding carboxylic acids is 1. The summed E-state index contributed by atoms with van der Waals surface area (Å²) in [7, 11) is 0. The third kappa shape index (κ3) is 3.84. The minimum Gasteiger partial charge on any atom is -0.356 e. The first kappa shape index (κ1) is 13.1. The van der Waals surface area contributed by atoms with Crippen LogP contribution in [0.3, 0.4) is 0 Å². The van der Waals surface area contributed by atoms with Crippen LogP contribution in [-0.2, 0) is 4.79 Å². The Morgan fingerprint density at radius 2 is 1.94 bits per heavy atom. The Bertz CT molecular complexity index is 371. The third-order valence-electron chi connectivity index (χ3n) is 3.70. The van der Waals surface area contributed by atoms with Crippen LogP contribution in [0.2, 0.25) is 0 Å². The molecule has 0 saturated heterocycles. The fraction of sp³-hybridized carbons (Fsp3) is 0.533. The number of amides is 1. The summed E-state index contributed by atoms with van der Waals surface area (Å²) in [5.41, 5.74) is 7.04. The van der Waals surface area contributed by atoms with E-state index >= 15 is 0 Å². The van der Waals surface area contributed by atoms with Gasteiger partial charge in [-0.05, 0) is 24.3 Å². The number of hydrogen-bond acceptors (Lipinski definition) is 2. The van der Waals surface area contributed by atoms with Crippen LogP contribution in [0.5, 0.6) is 0 Å². The van der Waals surface area contributed by atoms with Crippen molar-refractivity contribution in [3.8, 4) is 0 Å². The van der Waals surface area contributed by atoms with Gasteiger partial charge in [0, 0.05) is 19.0 Å². The predicted molar refractivity (Wildman–Crippen MR) is 73.0 cm³/mol. The quantitative estimate of drug-likeness (QED) is 0.838. The van der Waals surface area contributed by atoms with Gasteiger partial charge < -0.3 is 11.1 Å². The van der Waals surface area contributed by atoms with Crippen molar-refractivity contribution in [3.63, 3.8) is 0 Å². The summed E-state index contributed by atoms with van der Waals surface area (Å²) >= 11 is 0. The molecule has 3 N–H and O–H groups in total. The summed E-state index contributed by atoms with van der Waals surface area (Å²) in [4.78, 5) is 11.8. The van der Waals surface area contributed by atoms with Gasteiger partial charge in [0.05, 0.1) is 0 Å². The Balaban J connectivity index is 1.73. The molecule has 0 radical (unpaired) electrons. The Morgan fingerprint density at radius 3 is 2.61 bits per heavy atom. The second-order valence-corrected chi connectivity index (χ2v) is 5.18. The van der Waals surface area contributed by atoms with Crippen LogP contribution in [0, 0.1) is 5.92 Å². The number of nitrogens with two attached hydrogens (primary N) is 1. The van der Waals surface area contributed by atoms with Crippen LogP contribution in [0.25, 0.3) is 0 Å². The lowest BCUT2D eigenvalue weighted by atomic mass is 10.0. The zero-order valence-electron chi connectivity index (χ0n) is 10.8. The molecule has 3 heteroatoms. The number of nitrogens with one attached hydrogen (secondary N) is 1. The molecule has 1 aliphatic carbocycles. The zero-order valence-corrected chi connectivity index (χ0v) is 10.8. The summed E-state index contributed by atoms with van der Waals surface area (Å²) in [6.07, 6.45) is 5.50. The van der Waals surface area contributed by atoms with Gasteiger partial charge in [0.15, 0.2) is 0 Å². The van der Waals surface area contributed by atoms with Crippen molar-refractivity contribution in [2.75, 3.05) is 6.54 Å². The first-order valence-electron chi connectivity index (χ1n) is 6.83. The average Bonchev–Trinajstić information content (AvgIpc) is 2.90. The first-order chi connectivity index (χ1) is 8.75. The van der Waals surface area contributed by atoms with Crippen LogP contribution >= 0.6 is 0 Å². The summed E-state index contributed by atoms with van der Waals surface area (Å²) in [6.45, 7) is 0.820. The number of rotatable bonds is 5. The van der Waals surface area contributed by atoms with Crippen molar-refractivity contribution >= 4 is 5.91 Å². The van der Waals surface area contributed by atoms with Crippen LogP contribution < -0.4 is 11.1 Å². The largest absolute Gasteiger partial charge is 0.356 e. The monoisotopic (exact) mass is 246 g/mol. The Labute approximate surface area is 109 Å². The molecule has 1 fully saturated rings. The molecule has 18 heavy (non-hydrogen) atoms. The van der Waals surface area contributed by atoms with Gasteiger partial charge in [-0.2, -0.15) is 0 Å². The molecule has 0 aliphatic heterocycles. The van der Waals surface area contributed by atoms with Crippen molar-refractivity contribution in [1.82, 2.24) is 5.32 Å². The van der Waals surface area contributed by atoms with Gasteiger partial charge in [-0.1, -0.05) is 43.2 Å². The normalized spacial score (nSPS) is 17.6. The molecule has 0 spiro atoms. The Morgan fingerprint density at radius 1 is 1.28 bits per heavy atom. The van der Waals surface area contributed by atoms with Crippen LogP contribution in [0.4, 0.5) is 0 Å². The molecule has 98 valence electrons. The van der Waals surface area contributed by atoms with E-state index in [1.807, 2.05) is 30.3 Å². The molecule has 1 atom stereocenters. The lowest BCUT2D eigenvalue weighted by molar-refractivity contribution is -0.121. The highest BCUT2D eigenvalue weighted by Gasteiger charge is 2.17. The van der Waals surface area contributed by atoms with E-state index < -0.39 is 0 Å². The second-order valence-electron chi connectivity index (χ2n) is 5.18. The lowest BCUT2D eigenvalue weighted by Gasteiger charge is -2.14. The Hall–Kier alpha value is -1.35. The van der Waals surface area contributed by atoms with E-state index in [1.165, 1.54) is 25.7 Å². The minimum atomic E-state index is -0.199. The summed E-state index contributed by atoms with van der Waals surface area (Å²) in [6, 6.07) is 9.59. The molecular formula is C15H22N2O. The number of carbonyl (C=O) groups is 1. The predicted octanol–water partition coefficient (Wildman–Crippen LogP) is 2.38. The standard InChI is InChI=1S/C15H22N2O/c16-14(13-8-2-1-3-9-13)10-15(18)17-11-12-6-4-5-7-12/h1-3,8-9,12,14H,4-7,10-11,16H2,(H,17,18). The SMILES string of the molecule is NC(CC(=O)NCC1CCCC1)c1ccccc1. The number of hydrogen-bond donors (Lipinski definition) is 2. The van der Waals surface area contributed by atoms with Crippen LogP contribution in [0.1, 0.15) is 43.7 Å². The van der Waals surface area contributed by atoms with E-state index in [4.69, 9.17) is 5.73 Å². The molecule has 1 aromatic carbocycles. The van der Waals surface area contributed by atoms with Gasteiger partial charge >= 0.3 is 0 Å². The lowest BCUT2D eigenvalue weighted by Crippen LogP contribution is -2.31. The van der Waals surface area contributed by atoms with E-state index in [0.29, 0.717) is 12.3 Å². The fourth-order valence-corrected chi connectivity index (χ4v) is 2.56. The molecule has 1 saturated carbocycles. The third-order valence-corrected chi connectivity index (χ3v) is 3.70. The molecule has 1 aliphatic rings. The topological polar surface area (TPSA) is 55.1 Å². The molecule has 1 aromatic rings. The fourth-order valence-electron chi connectivity index (χ4n) is 2.56. The van der Waals surface area contributed by atoms with Crippen LogP contribution in [0.15, 0.2) is 30.3 Å². The van der Waals surface area contributed by atoms with E-state index in [2.05, 4.69) is 5.32 Å². The summed E-state index contributed by atoms with van der Waals surface area (Å²) in [5, 5.41) is 3.01. The van der Waals surface area contributed by atoms with Gasteiger partial charge in [-0.15, -0.1) is 0 Å². The van der Waals surface area contributed by atoms with Gasteiger partial charge in [0.1, 0.15) is 0 Å². The molecule has 3 nitrogen and oxygen atoms in total. The summed E-state index contributed by atoms with van der Waals surface area (Å²) < 4.78 is 0. The van der Waals surface area contributed by atoms with E-state index in [0.717, 1.165) is 12.1 Å². The molecule has 1 unspecified atom stereocenters. The molecule has 1 amide bonds. The van der Waals surface area contributed by atoms with E-state index in [-0.39, 0.29) is 11.9 Å². The average molecular weight is 246 g/mol. The van der Waals surface area contributed by atoms with Crippen molar-refractivity contribution < 1.29 is 4.79 Å². The van der Waals surface area contributed by atoms with Crippen molar-refractivity contribution in [2.24, 2.45) is 11.7 Å². The molecule has 2 rings (SSSR count). The van der Waals surface area contributed by atoms with Crippen LogP contribution in [-0.4, -0.2) is 12.5 Å². The van der Waals surface area contributed by atoms with Crippen molar-refractivity contribution in [2.45, 2.75) is 38.1 Å². The Kier molecular flexibility index (Phi) is 4.76. The number of benzene rings is 1. The maximum Gasteiger partial charge on any atom is 0.221 e. The zero-order chi connectivity index (χ0) is 12.8. The maximum atomic E-state index is 11.8.